The fraction of sp³-hybridized carbons (Fsp3) is 0.192. The van der Waals surface area contributed by atoms with Gasteiger partial charge in [-0.05, 0) is 49.7 Å². The number of hydrogen-bond donors (Lipinski definition) is 1. The number of Topliss-reactive ketones (excluding diaryl/α,β-unsaturated/α-hetero) is 1. The predicted molar refractivity (Wildman–Crippen MR) is 129 cm³/mol. The topological polar surface area (TPSA) is 125 Å². The second kappa shape index (κ2) is 12.1. The number of benzene rings is 3. The van der Waals surface area contributed by atoms with Crippen molar-refractivity contribution in [2.75, 3.05) is 11.9 Å². The van der Waals surface area contributed by atoms with Crippen LogP contribution in [0.4, 0.5) is 11.4 Å². The van der Waals surface area contributed by atoms with Crippen molar-refractivity contribution in [3.63, 3.8) is 0 Å². The third kappa shape index (κ3) is 7.78. The van der Waals surface area contributed by atoms with Crippen LogP contribution in [-0.4, -0.2) is 29.2 Å². The Labute approximate surface area is 201 Å². The maximum atomic E-state index is 12.2. The van der Waals surface area contributed by atoms with Gasteiger partial charge in [0.2, 0.25) is 11.7 Å². The second-order valence-electron chi connectivity index (χ2n) is 7.68. The van der Waals surface area contributed by atoms with E-state index in [4.69, 9.17) is 9.47 Å². The highest BCUT2D eigenvalue weighted by Gasteiger charge is 2.16. The van der Waals surface area contributed by atoms with Crippen LogP contribution in [0.2, 0.25) is 0 Å². The first-order chi connectivity index (χ1) is 16.8. The van der Waals surface area contributed by atoms with E-state index in [2.05, 4.69) is 5.32 Å². The first-order valence-corrected chi connectivity index (χ1v) is 10.9. The fourth-order valence-electron chi connectivity index (χ4n) is 3.13. The summed E-state index contributed by atoms with van der Waals surface area (Å²) in [5, 5.41) is 13.7. The molecular weight excluding hydrogens is 452 g/mol. The normalized spacial score (nSPS) is 10.3. The van der Waals surface area contributed by atoms with E-state index >= 15 is 0 Å². The molecule has 3 aromatic carbocycles. The van der Waals surface area contributed by atoms with Crippen LogP contribution in [0.1, 0.15) is 35.2 Å². The molecule has 9 nitrogen and oxygen atoms in total. The van der Waals surface area contributed by atoms with Gasteiger partial charge in [-0.2, -0.15) is 0 Å². The van der Waals surface area contributed by atoms with Crippen LogP contribution in [0.15, 0.2) is 72.8 Å². The van der Waals surface area contributed by atoms with Gasteiger partial charge in [0.1, 0.15) is 11.5 Å². The van der Waals surface area contributed by atoms with Gasteiger partial charge in [-0.3, -0.25) is 24.5 Å². The molecule has 0 atom stereocenters. The van der Waals surface area contributed by atoms with E-state index in [-0.39, 0.29) is 36.4 Å². The molecule has 0 unspecified atom stereocenters. The number of ketones is 1. The second-order valence-corrected chi connectivity index (χ2v) is 7.68. The maximum Gasteiger partial charge on any atom is 0.306 e. The average molecular weight is 476 g/mol. The minimum absolute atomic E-state index is 0.0431. The van der Waals surface area contributed by atoms with Crippen LogP contribution < -0.4 is 10.1 Å². The third-order valence-electron chi connectivity index (χ3n) is 4.99. The van der Waals surface area contributed by atoms with E-state index in [9.17, 15) is 24.5 Å². The van der Waals surface area contributed by atoms with Crippen LogP contribution in [0, 0.1) is 17.0 Å². The molecule has 3 rings (SSSR count). The van der Waals surface area contributed by atoms with Crippen molar-refractivity contribution < 1.29 is 28.8 Å². The number of esters is 1. The van der Waals surface area contributed by atoms with E-state index in [1.807, 2.05) is 30.3 Å². The van der Waals surface area contributed by atoms with Gasteiger partial charge in [0, 0.05) is 35.7 Å². The van der Waals surface area contributed by atoms with Crippen LogP contribution in [0.25, 0.3) is 0 Å². The average Bonchev–Trinajstić information content (AvgIpc) is 2.84. The van der Waals surface area contributed by atoms with Gasteiger partial charge in [0.25, 0.3) is 5.69 Å². The molecule has 0 aliphatic rings. The van der Waals surface area contributed by atoms with Gasteiger partial charge in [0.05, 0.1) is 4.92 Å². The smallest absolute Gasteiger partial charge is 0.306 e. The van der Waals surface area contributed by atoms with Crippen LogP contribution >= 0.6 is 0 Å². The minimum atomic E-state index is -0.629. The lowest BCUT2D eigenvalue weighted by Crippen LogP contribution is -2.15. The van der Waals surface area contributed by atoms with Crippen molar-refractivity contribution in [1.29, 1.82) is 0 Å². The number of carbonyl (C=O) groups is 3. The summed E-state index contributed by atoms with van der Waals surface area (Å²) in [4.78, 5) is 46.6. The molecule has 0 fully saturated rings. The molecule has 0 spiro atoms. The zero-order valence-electron chi connectivity index (χ0n) is 19.1. The molecular formula is C26H24N2O7. The number of nitro benzene ring substituents is 1. The zero-order valence-corrected chi connectivity index (χ0v) is 19.1. The van der Waals surface area contributed by atoms with Gasteiger partial charge >= 0.3 is 5.97 Å². The van der Waals surface area contributed by atoms with Crippen LogP contribution in [0.5, 0.6) is 11.5 Å². The summed E-state index contributed by atoms with van der Waals surface area (Å²) in [6, 6.07) is 20.3. The molecule has 0 aromatic heterocycles. The Morgan fingerprint density at radius 3 is 2.29 bits per heavy atom. The molecule has 0 bridgehead atoms. The van der Waals surface area contributed by atoms with E-state index in [0.29, 0.717) is 22.7 Å². The Bertz CT molecular complexity index is 1210. The number of nitrogens with zero attached hydrogens (tertiary/aromatic N) is 1. The highest BCUT2D eigenvalue weighted by atomic mass is 16.6. The summed E-state index contributed by atoms with van der Waals surface area (Å²) in [5.74, 6) is -0.101. The fourth-order valence-corrected chi connectivity index (χ4v) is 3.13. The van der Waals surface area contributed by atoms with Gasteiger partial charge in [-0.15, -0.1) is 0 Å². The number of ether oxygens (including phenoxy) is 2. The molecule has 0 saturated carbocycles. The number of nitro groups is 1. The highest BCUT2D eigenvalue weighted by Crippen LogP contribution is 2.23. The summed E-state index contributed by atoms with van der Waals surface area (Å²) < 4.78 is 10.6. The number of carbonyl (C=O) groups excluding carboxylic acids is 3. The first-order valence-electron chi connectivity index (χ1n) is 10.9. The summed E-state index contributed by atoms with van der Waals surface area (Å²) in [6.45, 7) is 1.04. The molecule has 9 heteroatoms. The molecule has 0 heterocycles. The standard InChI is InChI=1S/C26H24N2O7/c1-18-10-11-19(16-23(18)28(32)33)24(29)17-34-26(31)9-5-8-25(30)27-20-12-14-22(15-13-20)35-21-6-3-2-4-7-21/h2-4,6-7,10-16H,5,8-9,17H2,1H3,(H,27,30). The lowest BCUT2D eigenvalue weighted by atomic mass is 10.1. The summed E-state index contributed by atoms with van der Waals surface area (Å²) >= 11 is 0. The number of rotatable bonds is 11. The number of anilines is 1. The third-order valence-corrected chi connectivity index (χ3v) is 4.99. The zero-order chi connectivity index (χ0) is 25.2. The lowest BCUT2D eigenvalue weighted by Gasteiger charge is -2.08. The van der Waals surface area contributed by atoms with Gasteiger partial charge in [0.15, 0.2) is 6.61 Å². The SMILES string of the molecule is Cc1ccc(C(=O)COC(=O)CCCC(=O)Nc2ccc(Oc3ccccc3)cc2)cc1[N+](=O)[O-]. The van der Waals surface area contributed by atoms with E-state index < -0.39 is 23.3 Å². The summed E-state index contributed by atoms with van der Waals surface area (Å²) in [7, 11) is 0. The number of hydrogen-bond acceptors (Lipinski definition) is 7. The molecule has 0 radical (unpaired) electrons. The van der Waals surface area contributed by atoms with Crippen molar-refractivity contribution in [2.24, 2.45) is 0 Å². The van der Waals surface area contributed by atoms with E-state index in [0.717, 1.165) is 6.07 Å². The lowest BCUT2D eigenvalue weighted by molar-refractivity contribution is -0.385. The van der Waals surface area contributed by atoms with E-state index in [1.165, 1.54) is 12.1 Å². The summed E-state index contributed by atoms with van der Waals surface area (Å²) in [5.41, 5.74) is 0.940. The van der Waals surface area contributed by atoms with Crippen molar-refractivity contribution in [1.82, 2.24) is 0 Å². The van der Waals surface area contributed by atoms with E-state index in [1.54, 1.807) is 31.2 Å². The number of nitrogens with one attached hydrogen (secondary N) is 1. The van der Waals surface area contributed by atoms with Crippen LogP contribution in [-0.2, 0) is 14.3 Å². The van der Waals surface area contributed by atoms with Crippen molar-refractivity contribution in [3.8, 4) is 11.5 Å². The number of para-hydroxylation sites is 1. The monoisotopic (exact) mass is 476 g/mol. The van der Waals surface area contributed by atoms with Crippen molar-refractivity contribution in [2.45, 2.75) is 26.2 Å². The number of amides is 1. The van der Waals surface area contributed by atoms with Crippen LogP contribution in [0.3, 0.4) is 0 Å². The quantitative estimate of drug-likeness (QED) is 0.174. The molecule has 0 saturated heterocycles. The minimum Gasteiger partial charge on any atom is -0.457 e. The Morgan fingerprint density at radius 1 is 0.914 bits per heavy atom. The summed E-state index contributed by atoms with van der Waals surface area (Å²) in [6.07, 6.45) is 0.290. The number of aryl methyl sites for hydroxylation is 1. The maximum absolute atomic E-state index is 12.2. The molecule has 1 amide bonds. The van der Waals surface area contributed by atoms with Gasteiger partial charge in [-0.25, -0.2) is 0 Å². The highest BCUT2D eigenvalue weighted by molar-refractivity contribution is 5.98. The van der Waals surface area contributed by atoms with Gasteiger partial charge in [-0.1, -0.05) is 30.3 Å². The Hall–Kier alpha value is -4.53. The van der Waals surface area contributed by atoms with Crippen molar-refractivity contribution in [3.05, 3.63) is 94.0 Å². The predicted octanol–water partition coefficient (Wildman–Crippen LogP) is 5.23. The van der Waals surface area contributed by atoms with Crippen molar-refractivity contribution >= 4 is 29.0 Å². The first kappa shape index (κ1) is 25.1. The molecule has 35 heavy (non-hydrogen) atoms. The Kier molecular flexibility index (Phi) is 8.66. The van der Waals surface area contributed by atoms with Gasteiger partial charge < -0.3 is 14.8 Å². The molecule has 0 aliphatic heterocycles. The Morgan fingerprint density at radius 2 is 1.60 bits per heavy atom. The molecule has 180 valence electrons. The molecule has 1 N–H and O–H groups in total. The molecule has 3 aromatic rings. The molecule has 0 aliphatic carbocycles. The Balaban J connectivity index is 1.37. The largest absolute Gasteiger partial charge is 0.457 e.